The van der Waals surface area contributed by atoms with Crippen LogP contribution in [0.2, 0.25) is 0 Å². The molecule has 0 saturated carbocycles. The number of anilines is 2. The monoisotopic (exact) mass is 560 g/mol. The van der Waals surface area contributed by atoms with Gasteiger partial charge in [-0.1, -0.05) is 6.07 Å². The van der Waals surface area contributed by atoms with Crippen LogP contribution in [0, 0.1) is 13.8 Å². The highest BCUT2D eigenvalue weighted by molar-refractivity contribution is 9.10. The summed E-state index contributed by atoms with van der Waals surface area (Å²) in [7, 11) is 0. The number of nitrogens with one attached hydrogen (secondary N) is 2. The Morgan fingerprint density at radius 2 is 1.97 bits per heavy atom. The number of carbonyl (C=O) groups is 1. The van der Waals surface area contributed by atoms with Crippen molar-refractivity contribution in [1.82, 2.24) is 9.78 Å². The third-order valence-electron chi connectivity index (χ3n) is 5.21. The second-order valence-electron chi connectivity index (χ2n) is 7.34. The Balaban J connectivity index is 1.69. The van der Waals surface area contributed by atoms with E-state index in [0.29, 0.717) is 16.1 Å². The Hall–Kier alpha value is -2.27. The molecule has 3 aromatic rings. The van der Waals surface area contributed by atoms with Gasteiger partial charge >= 0.3 is 6.18 Å². The minimum absolute atomic E-state index is 0.0661. The second kappa shape index (κ2) is 8.01. The maximum Gasteiger partial charge on any atom is 0.410 e. The first kappa shape index (κ1) is 21.9. The number of alkyl halides is 3. The van der Waals surface area contributed by atoms with Crippen molar-refractivity contribution in [3.05, 3.63) is 62.1 Å². The molecule has 1 amide bonds. The first-order valence-electron chi connectivity index (χ1n) is 9.29. The molecule has 2 N–H and O–H groups in total. The number of hydrogen-bond acceptors (Lipinski definition) is 4. The van der Waals surface area contributed by atoms with Crippen molar-refractivity contribution in [1.29, 1.82) is 0 Å². The van der Waals surface area contributed by atoms with Gasteiger partial charge in [0.2, 0.25) is 0 Å². The zero-order valence-corrected chi connectivity index (χ0v) is 19.5. The Bertz CT molecular complexity index is 1160. The van der Waals surface area contributed by atoms with E-state index in [-0.39, 0.29) is 22.4 Å². The van der Waals surface area contributed by atoms with Gasteiger partial charge in [-0.2, -0.15) is 18.3 Å². The maximum absolute atomic E-state index is 13.8. The minimum atomic E-state index is -4.56. The number of amides is 1. The van der Waals surface area contributed by atoms with Crippen LogP contribution >= 0.6 is 31.9 Å². The van der Waals surface area contributed by atoms with Crippen LogP contribution in [0.5, 0.6) is 0 Å². The molecule has 164 valence electrons. The van der Waals surface area contributed by atoms with Gasteiger partial charge < -0.3 is 15.1 Å². The van der Waals surface area contributed by atoms with Crippen molar-refractivity contribution < 1.29 is 22.4 Å². The van der Waals surface area contributed by atoms with Gasteiger partial charge in [0.1, 0.15) is 11.6 Å². The lowest BCUT2D eigenvalue weighted by molar-refractivity contribution is -0.174. The lowest BCUT2D eigenvalue weighted by Gasteiger charge is -2.32. The van der Waals surface area contributed by atoms with Crippen LogP contribution in [0.15, 0.2) is 43.9 Å². The molecule has 0 aliphatic carbocycles. The van der Waals surface area contributed by atoms with Crippen LogP contribution < -0.4 is 10.6 Å². The summed E-state index contributed by atoms with van der Waals surface area (Å²) in [6, 6.07) is 5.92. The molecular formula is C20H17Br2F3N4O2. The fourth-order valence-electron chi connectivity index (χ4n) is 3.45. The van der Waals surface area contributed by atoms with E-state index in [2.05, 4.69) is 47.6 Å². The topological polar surface area (TPSA) is 72.1 Å². The molecule has 2 aromatic heterocycles. The average molecular weight is 562 g/mol. The highest BCUT2D eigenvalue weighted by Gasteiger charge is 2.48. The SMILES string of the molecule is Cc1ccc(NC(=O)c2nn3c(c2Br)N[C@H](c2ccc(Br)o2)C[C@@H]3C(F)(F)F)cc1C. The largest absolute Gasteiger partial charge is 0.452 e. The number of halogens is 5. The smallest absolute Gasteiger partial charge is 0.410 e. The third kappa shape index (κ3) is 4.25. The van der Waals surface area contributed by atoms with E-state index in [9.17, 15) is 18.0 Å². The normalized spacial score (nSPS) is 18.4. The molecule has 11 heteroatoms. The van der Waals surface area contributed by atoms with E-state index in [1.807, 2.05) is 19.9 Å². The Morgan fingerprint density at radius 3 is 2.58 bits per heavy atom. The molecule has 4 rings (SSSR count). The zero-order valence-electron chi connectivity index (χ0n) is 16.3. The van der Waals surface area contributed by atoms with E-state index >= 15 is 0 Å². The van der Waals surface area contributed by atoms with Gasteiger partial charge in [-0.15, -0.1) is 0 Å². The Labute approximate surface area is 192 Å². The molecule has 2 atom stereocenters. The molecule has 6 nitrogen and oxygen atoms in total. The molecule has 1 aliphatic rings. The first-order valence-corrected chi connectivity index (χ1v) is 10.9. The number of benzene rings is 1. The van der Waals surface area contributed by atoms with Crippen molar-refractivity contribution in [3.63, 3.8) is 0 Å². The van der Waals surface area contributed by atoms with E-state index in [1.54, 1.807) is 24.3 Å². The van der Waals surface area contributed by atoms with E-state index in [4.69, 9.17) is 4.42 Å². The number of carbonyl (C=O) groups excluding carboxylic acids is 1. The molecule has 0 radical (unpaired) electrons. The highest BCUT2D eigenvalue weighted by atomic mass is 79.9. The Kier molecular flexibility index (Phi) is 5.67. The quantitative estimate of drug-likeness (QED) is 0.381. The molecular weight excluding hydrogens is 545 g/mol. The van der Waals surface area contributed by atoms with Crippen molar-refractivity contribution in [2.45, 2.75) is 38.5 Å². The number of hydrogen-bond donors (Lipinski definition) is 2. The van der Waals surface area contributed by atoms with Crippen molar-refractivity contribution in [3.8, 4) is 0 Å². The van der Waals surface area contributed by atoms with Gasteiger partial charge in [0, 0.05) is 12.1 Å². The van der Waals surface area contributed by atoms with Gasteiger partial charge in [-0.05, 0) is 81.1 Å². The summed E-state index contributed by atoms with van der Waals surface area (Å²) in [5.74, 6) is -0.199. The molecule has 1 aromatic carbocycles. The summed E-state index contributed by atoms with van der Waals surface area (Å²) >= 11 is 6.43. The molecule has 0 unspecified atom stereocenters. The fourth-order valence-corrected chi connectivity index (χ4v) is 4.32. The predicted molar refractivity (Wildman–Crippen MR) is 116 cm³/mol. The van der Waals surface area contributed by atoms with Crippen LogP contribution in [0.4, 0.5) is 24.7 Å². The van der Waals surface area contributed by atoms with Crippen molar-refractivity contribution >= 4 is 49.3 Å². The van der Waals surface area contributed by atoms with Crippen LogP contribution in [0.1, 0.15) is 45.9 Å². The number of fused-ring (bicyclic) bond motifs is 1. The third-order valence-corrected chi connectivity index (χ3v) is 6.39. The Morgan fingerprint density at radius 1 is 1.23 bits per heavy atom. The van der Waals surface area contributed by atoms with E-state index in [0.717, 1.165) is 15.8 Å². The van der Waals surface area contributed by atoms with Gasteiger partial charge in [-0.25, -0.2) is 4.68 Å². The second-order valence-corrected chi connectivity index (χ2v) is 8.92. The minimum Gasteiger partial charge on any atom is -0.452 e. The summed E-state index contributed by atoms with van der Waals surface area (Å²) in [6.45, 7) is 3.85. The molecule has 0 saturated heterocycles. The summed E-state index contributed by atoms with van der Waals surface area (Å²) in [5.41, 5.74) is 2.43. The zero-order chi connectivity index (χ0) is 22.5. The van der Waals surface area contributed by atoms with Crippen LogP contribution in [0.25, 0.3) is 0 Å². The van der Waals surface area contributed by atoms with Gasteiger partial charge in [0.15, 0.2) is 16.4 Å². The summed E-state index contributed by atoms with van der Waals surface area (Å²) in [5, 5.41) is 9.71. The summed E-state index contributed by atoms with van der Waals surface area (Å²) in [6.07, 6.45) is -4.89. The molecule has 1 aliphatic heterocycles. The lowest BCUT2D eigenvalue weighted by Crippen LogP contribution is -2.35. The lowest BCUT2D eigenvalue weighted by atomic mass is 10.0. The van der Waals surface area contributed by atoms with Gasteiger partial charge in [0.25, 0.3) is 5.91 Å². The van der Waals surface area contributed by atoms with Gasteiger partial charge in [-0.3, -0.25) is 4.79 Å². The standard InChI is InChI=1S/C20H17Br2F3N4O2/c1-9-3-4-11(7-10(9)2)26-19(30)17-16(22)18-27-12(13-5-6-15(21)31-13)8-14(20(23,24)25)29(18)28-17/h3-7,12,14,27H,8H2,1-2H3,(H,26,30)/t12-,14+/m0/s1. The highest BCUT2D eigenvalue weighted by Crippen LogP contribution is 2.46. The van der Waals surface area contributed by atoms with E-state index in [1.165, 1.54) is 0 Å². The fraction of sp³-hybridized carbons (Fsp3) is 0.300. The summed E-state index contributed by atoms with van der Waals surface area (Å²) < 4.78 is 48.4. The van der Waals surface area contributed by atoms with E-state index < -0.39 is 24.2 Å². The average Bonchev–Trinajstić information content (AvgIpc) is 3.27. The number of nitrogens with zero attached hydrogens (tertiary/aromatic N) is 2. The number of aryl methyl sites for hydroxylation is 2. The van der Waals surface area contributed by atoms with Gasteiger partial charge in [0.05, 0.1) is 10.5 Å². The molecule has 31 heavy (non-hydrogen) atoms. The first-order chi connectivity index (χ1) is 14.5. The van der Waals surface area contributed by atoms with Crippen LogP contribution in [-0.4, -0.2) is 21.9 Å². The maximum atomic E-state index is 13.8. The van der Waals surface area contributed by atoms with Crippen molar-refractivity contribution in [2.24, 2.45) is 0 Å². The molecule has 0 spiro atoms. The molecule has 0 bridgehead atoms. The van der Waals surface area contributed by atoms with Crippen LogP contribution in [-0.2, 0) is 0 Å². The predicted octanol–water partition coefficient (Wildman–Crippen LogP) is 6.53. The van der Waals surface area contributed by atoms with Crippen molar-refractivity contribution in [2.75, 3.05) is 10.6 Å². The summed E-state index contributed by atoms with van der Waals surface area (Å²) in [4.78, 5) is 12.8. The molecule has 0 fully saturated rings. The number of rotatable bonds is 3. The molecule has 3 heterocycles. The number of furan rings is 1. The van der Waals surface area contributed by atoms with Crippen LogP contribution in [0.3, 0.4) is 0 Å². The number of aromatic nitrogens is 2.